The molecular formula is C24H22F26NO4S+. The van der Waals surface area contributed by atoms with E-state index in [1.165, 1.54) is 21.1 Å². The number of carbonyl (C=O) groups excluding carboxylic acids is 2. The Morgan fingerprint density at radius 3 is 1.04 bits per heavy atom. The SMILES string of the molecule is C[N+](C)(C)CSC(CC(=O)OCCC(F)(F)C(F)(F)C(F)(F)C(F)(F)C(F)(F)C(F)(F)F)C(=O)OCCC(F)(F)C(F)(F)C(F)(F)C(F)(F)C(F)(F)C(F)(F)F. The maximum Gasteiger partial charge on any atom is 0.460 e. The number of hydrogen-bond acceptors (Lipinski definition) is 5. The molecule has 0 saturated heterocycles. The smallest absolute Gasteiger partial charge is 0.460 e. The van der Waals surface area contributed by atoms with Crippen LogP contribution >= 0.6 is 11.8 Å². The van der Waals surface area contributed by atoms with E-state index in [4.69, 9.17) is 0 Å². The fourth-order valence-electron chi connectivity index (χ4n) is 3.32. The lowest BCUT2D eigenvalue weighted by Gasteiger charge is -2.39. The van der Waals surface area contributed by atoms with Crippen molar-refractivity contribution in [3.63, 3.8) is 0 Å². The lowest BCUT2D eigenvalue weighted by Crippen LogP contribution is -2.70. The van der Waals surface area contributed by atoms with Crippen molar-refractivity contribution in [2.45, 2.75) is 96.1 Å². The fraction of sp³-hybridized carbons (Fsp3) is 0.917. The molecule has 1 unspecified atom stereocenters. The molecule has 0 aromatic carbocycles. The van der Waals surface area contributed by atoms with E-state index in [9.17, 15) is 124 Å². The Labute approximate surface area is 298 Å². The molecule has 0 spiro atoms. The van der Waals surface area contributed by atoms with Gasteiger partial charge in [0.15, 0.2) is 0 Å². The lowest BCUT2D eigenvalue weighted by molar-refractivity contribution is -0.857. The number of halogens is 26. The molecule has 0 fully saturated rings. The highest BCUT2D eigenvalue weighted by molar-refractivity contribution is 8.00. The molecule has 0 aliphatic rings. The summed E-state index contributed by atoms with van der Waals surface area (Å²) in [6.45, 7) is -4.68. The van der Waals surface area contributed by atoms with E-state index < -0.39 is 127 Å². The third-order valence-electron chi connectivity index (χ3n) is 6.61. The predicted octanol–water partition coefficient (Wildman–Crippen LogP) is 9.49. The average Bonchev–Trinajstić information content (AvgIpc) is 2.96. The molecule has 0 amide bonds. The second kappa shape index (κ2) is 15.9. The van der Waals surface area contributed by atoms with Crippen LogP contribution in [0.15, 0.2) is 0 Å². The summed E-state index contributed by atoms with van der Waals surface area (Å²) in [6, 6.07) is 0. The predicted molar refractivity (Wildman–Crippen MR) is 132 cm³/mol. The van der Waals surface area contributed by atoms with Gasteiger partial charge in [0.05, 0.1) is 53.6 Å². The molecule has 0 N–H and O–H groups in total. The highest BCUT2D eigenvalue weighted by Crippen LogP contribution is 2.62. The van der Waals surface area contributed by atoms with Gasteiger partial charge in [-0.05, 0) is 0 Å². The van der Waals surface area contributed by atoms with E-state index in [0.717, 1.165) is 0 Å². The van der Waals surface area contributed by atoms with E-state index in [0.29, 0.717) is 0 Å². The minimum absolute atomic E-state index is 0.133. The van der Waals surface area contributed by atoms with Crippen LogP contribution in [0.1, 0.15) is 19.3 Å². The van der Waals surface area contributed by atoms with Crippen LogP contribution < -0.4 is 0 Å². The van der Waals surface area contributed by atoms with Crippen LogP contribution in [0.2, 0.25) is 0 Å². The molecule has 334 valence electrons. The molecule has 32 heteroatoms. The maximum atomic E-state index is 14.0. The van der Waals surface area contributed by atoms with Crippen molar-refractivity contribution in [2.24, 2.45) is 0 Å². The summed E-state index contributed by atoms with van der Waals surface area (Å²) in [5.41, 5.74) is 0. The second-order valence-electron chi connectivity index (χ2n) is 12.2. The van der Waals surface area contributed by atoms with E-state index in [1.54, 1.807) is 0 Å². The third-order valence-corrected chi connectivity index (χ3v) is 8.30. The Morgan fingerprint density at radius 1 is 0.464 bits per heavy atom. The Balaban J connectivity index is 6.02. The van der Waals surface area contributed by atoms with Crippen molar-refractivity contribution in [3.05, 3.63) is 0 Å². The van der Waals surface area contributed by atoms with E-state index in [2.05, 4.69) is 9.47 Å². The highest BCUT2D eigenvalue weighted by Gasteiger charge is 2.92. The van der Waals surface area contributed by atoms with Gasteiger partial charge in [0, 0.05) is 0 Å². The van der Waals surface area contributed by atoms with Crippen molar-refractivity contribution in [1.29, 1.82) is 0 Å². The topological polar surface area (TPSA) is 52.6 Å². The van der Waals surface area contributed by atoms with Gasteiger partial charge in [-0.1, -0.05) is 11.8 Å². The van der Waals surface area contributed by atoms with Crippen LogP contribution in [0, 0.1) is 0 Å². The molecule has 56 heavy (non-hydrogen) atoms. The van der Waals surface area contributed by atoms with Crippen molar-refractivity contribution in [2.75, 3.05) is 40.2 Å². The van der Waals surface area contributed by atoms with Crippen LogP contribution in [-0.2, 0) is 19.1 Å². The summed E-state index contributed by atoms with van der Waals surface area (Å²) >= 11 is 0.133. The fourth-order valence-corrected chi connectivity index (χ4v) is 4.40. The quantitative estimate of drug-likeness (QED) is 0.0528. The Morgan fingerprint density at radius 2 is 0.750 bits per heavy atom. The molecular weight excluding hydrogens is 892 g/mol. The molecule has 0 radical (unpaired) electrons. The largest absolute Gasteiger partial charge is 0.465 e. The monoisotopic (exact) mass is 914 g/mol. The van der Waals surface area contributed by atoms with Gasteiger partial charge in [-0.25, -0.2) is 0 Å². The zero-order valence-electron chi connectivity index (χ0n) is 27.1. The van der Waals surface area contributed by atoms with Gasteiger partial charge < -0.3 is 14.0 Å². The van der Waals surface area contributed by atoms with Crippen LogP contribution in [-0.4, -0.2) is 133 Å². The molecule has 0 aliphatic carbocycles. The highest BCUT2D eigenvalue weighted by atomic mass is 32.2. The number of ether oxygens (including phenoxy) is 2. The number of quaternary nitrogens is 1. The number of hydrogen-bond donors (Lipinski definition) is 0. The molecule has 0 rings (SSSR count). The zero-order valence-corrected chi connectivity index (χ0v) is 28.0. The molecule has 0 saturated carbocycles. The summed E-state index contributed by atoms with van der Waals surface area (Å²) in [5.74, 6) is -82.8. The van der Waals surface area contributed by atoms with Gasteiger partial charge in [0.2, 0.25) is 0 Å². The molecule has 1 atom stereocenters. The first kappa shape index (κ1) is 53.4. The summed E-state index contributed by atoms with van der Waals surface area (Å²) in [4.78, 5) is 24.4. The molecule has 0 aromatic heterocycles. The van der Waals surface area contributed by atoms with E-state index in [-0.39, 0.29) is 16.2 Å². The van der Waals surface area contributed by atoms with E-state index >= 15 is 0 Å². The standard InChI is InChI=1S/C24H22F26NO4S/c1-51(2,3)9-56-10(12(53)55-7-5-14(27,28)16(31,32)18(35,36)20(39,40)22(43,44)24(48,49)50)8-11(52)54-6-4-13(25,26)15(29,30)17(33,34)19(37,38)21(41,42)23(45,46)47/h10H,4-9H2,1-3H3/q+1. The van der Waals surface area contributed by atoms with Crippen LogP contribution in [0.25, 0.3) is 0 Å². The van der Waals surface area contributed by atoms with Gasteiger partial charge in [-0.3, -0.25) is 9.59 Å². The molecule has 0 aromatic rings. The lowest BCUT2D eigenvalue weighted by atomic mass is 9.93. The molecule has 5 nitrogen and oxygen atoms in total. The van der Waals surface area contributed by atoms with Crippen LogP contribution in [0.5, 0.6) is 0 Å². The summed E-state index contributed by atoms with van der Waals surface area (Å²) in [7, 11) is 3.84. The van der Waals surface area contributed by atoms with Crippen molar-refractivity contribution >= 4 is 23.7 Å². The van der Waals surface area contributed by atoms with Gasteiger partial charge in [-0.2, -0.15) is 114 Å². The van der Waals surface area contributed by atoms with Gasteiger partial charge in [0.25, 0.3) is 0 Å². The van der Waals surface area contributed by atoms with Gasteiger partial charge >= 0.3 is 83.5 Å². The Hall–Kier alpha value is -2.57. The number of rotatable bonds is 20. The molecule has 0 aliphatic heterocycles. The van der Waals surface area contributed by atoms with Gasteiger partial charge in [-0.15, -0.1) is 0 Å². The summed E-state index contributed by atoms with van der Waals surface area (Å²) in [6.07, 6.45) is -23.2. The van der Waals surface area contributed by atoms with Crippen LogP contribution in [0.4, 0.5) is 114 Å². The third kappa shape index (κ3) is 9.82. The number of nitrogens with zero attached hydrogens (tertiary/aromatic N) is 1. The Bertz CT molecular complexity index is 1370. The van der Waals surface area contributed by atoms with Crippen molar-refractivity contribution in [3.8, 4) is 0 Å². The zero-order chi connectivity index (χ0) is 45.6. The average molecular weight is 914 g/mol. The van der Waals surface area contributed by atoms with Crippen LogP contribution in [0.3, 0.4) is 0 Å². The number of carbonyl (C=O) groups is 2. The summed E-state index contributed by atoms with van der Waals surface area (Å²) < 4.78 is 352. The number of alkyl halides is 26. The Kier molecular flexibility index (Phi) is 15.2. The molecule has 0 bridgehead atoms. The van der Waals surface area contributed by atoms with Crippen molar-refractivity contribution in [1.82, 2.24) is 0 Å². The van der Waals surface area contributed by atoms with E-state index in [1.807, 2.05) is 0 Å². The first-order chi connectivity index (χ1) is 24.1. The maximum absolute atomic E-state index is 14.0. The minimum atomic E-state index is -8.26. The molecule has 0 heterocycles. The summed E-state index contributed by atoms with van der Waals surface area (Å²) in [5, 5.41) is -2.29. The first-order valence-electron chi connectivity index (χ1n) is 13.7. The normalized spacial score (nSPS) is 16.2. The van der Waals surface area contributed by atoms with Crippen molar-refractivity contribution < 1.29 is 138 Å². The first-order valence-corrected chi connectivity index (χ1v) is 14.8. The number of esters is 2. The number of thioether (sulfide) groups is 1. The van der Waals surface area contributed by atoms with Gasteiger partial charge in [0.1, 0.15) is 11.1 Å². The minimum Gasteiger partial charge on any atom is -0.465 e. The second-order valence-corrected chi connectivity index (χ2v) is 13.3.